The van der Waals surface area contributed by atoms with Crippen molar-refractivity contribution < 1.29 is 29.0 Å². The molecule has 0 fully saturated rings. The molecule has 7 nitrogen and oxygen atoms in total. The van der Waals surface area contributed by atoms with Gasteiger partial charge in [-0.15, -0.1) is 0 Å². The number of ether oxygens (including phenoxy) is 2. The average Bonchev–Trinajstić information content (AvgIpc) is 2.54. The number of carbonyl (C=O) groups is 3. The summed E-state index contributed by atoms with van der Waals surface area (Å²) in [5, 5.41) is 11.5. The molecule has 0 radical (unpaired) electrons. The monoisotopic (exact) mass is 321 g/mol. The smallest absolute Gasteiger partial charge is 0.354 e. The molecule has 0 spiro atoms. The summed E-state index contributed by atoms with van der Waals surface area (Å²) in [5.41, 5.74) is 1.36. The largest absolute Gasteiger partial charge is 0.481 e. The lowest BCUT2D eigenvalue weighted by molar-refractivity contribution is -0.138. The number of esters is 2. The van der Waals surface area contributed by atoms with E-state index in [1.807, 2.05) is 12.1 Å². The maximum atomic E-state index is 11.7. The maximum Gasteiger partial charge on any atom is 0.354 e. The van der Waals surface area contributed by atoms with Crippen LogP contribution in [-0.4, -0.2) is 37.2 Å². The summed E-state index contributed by atoms with van der Waals surface area (Å²) in [6, 6.07) is 7.11. The first kappa shape index (κ1) is 18.2. The average molecular weight is 321 g/mol. The van der Waals surface area contributed by atoms with E-state index in [4.69, 9.17) is 5.11 Å². The molecular weight excluding hydrogens is 302 g/mol. The number of aryl methyl sites for hydroxylation is 1. The Bertz CT molecular complexity index is 608. The minimum absolute atomic E-state index is 0.0518. The van der Waals surface area contributed by atoms with Crippen LogP contribution >= 0.6 is 0 Å². The molecular formula is C16H19NO6. The van der Waals surface area contributed by atoms with Crippen molar-refractivity contribution in [1.82, 2.24) is 0 Å². The van der Waals surface area contributed by atoms with Crippen molar-refractivity contribution in [1.29, 1.82) is 0 Å². The summed E-state index contributed by atoms with van der Waals surface area (Å²) in [5.74, 6) is -2.27. The maximum absolute atomic E-state index is 11.7. The van der Waals surface area contributed by atoms with Gasteiger partial charge in [0.15, 0.2) is 0 Å². The highest BCUT2D eigenvalue weighted by Crippen LogP contribution is 2.20. The lowest BCUT2D eigenvalue weighted by atomic mass is 10.1. The number of para-hydroxylation sites is 1. The SMILES string of the molecule is COC(=O)/C=C(/Nc1ccccc1CCCC(=O)O)C(=O)OC. The number of nitrogens with one attached hydrogen (secondary N) is 1. The molecule has 124 valence electrons. The fourth-order valence-electron chi connectivity index (χ4n) is 1.87. The second kappa shape index (κ2) is 9.24. The molecule has 0 saturated carbocycles. The number of hydrogen-bond donors (Lipinski definition) is 2. The van der Waals surface area contributed by atoms with E-state index in [-0.39, 0.29) is 12.1 Å². The predicted molar refractivity (Wildman–Crippen MR) is 82.8 cm³/mol. The zero-order valence-electron chi connectivity index (χ0n) is 13.0. The minimum Gasteiger partial charge on any atom is -0.481 e. The fraction of sp³-hybridized carbons (Fsp3) is 0.312. The zero-order valence-corrected chi connectivity index (χ0v) is 13.0. The van der Waals surface area contributed by atoms with E-state index < -0.39 is 17.9 Å². The number of anilines is 1. The Balaban J connectivity index is 2.95. The zero-order chi connectivity index (χ0) is 17.2. The lowest BCUT2D eigenvalue weighted by Crippen LogP contribution is -2.16. The number of carboxylic acids is 1. The van der Waals surface area contributed by atoms with Crippen LogP contribution in [0.15, 0.2) is 36.0 Å². The Labute approximate surface area is 133 Å². The van der Waals surface area contributed by atoms with Crippen LogP contribution in [0.2, 0.25) is 0 Å². The van der Waals surface area contributed by atoms with Crippen molar-refractivity contribution in [3.05, 3.63) is 41.6 Å². The third-order valence-electron chi connectivity index (χ3n) is 2.99. The highest BCUT2D eigenvalue weighted by atomic mass is 16.5. The Morgan fingerprint density at radius 2 is 1.87 bits per heavy atom. The summed E-state index contributed by atoms with van der Waals surface area (Å²) in [6.45, 7) is 0. The van der Waals surface area contributed by atoms with Crippen LogP contribution in [0.4, 0.5) is 5.69 Å². The Morgan fingerprint density at radius 1 is 1.17 bits per heavy atom. The topological polar surface area (TPSA) is 102 Å². The van der Waals surface area contributed by atoms with Crippen LogP contribution in [0.1, 0.15) is 18.4 Å². The molecule has 0 aliphatic carbocycles. The molecule has 23 heavy (non-hydrogen) atoms. The van der Waals surface area contributed by atoms with Gasteiger partial charge < -0.3 is 19.9 Å². The van der Waals surface area contributed by atoms with Crippen LogP contribution in [-0.2, 0) is 30.3 Å². The number of benzene rings is 1. The molecule has 0 atom stereocenters. The molecule has 1 aromatic carbocycles. The summed E-state index contributed by atoms with van der Waals surface area (Å²) < 4.78 is 9.13. The number of methoxy groups -OCH3 is 2. The van der Waals surface area contributed by atoms with E-state index in [0.717, 1.165) is 11.6 Å². The molecule has 0 amide bonds. The van der Waals surface area contributed by atoms with Crippen molar-refractivity contribution >= 4 is 23.6 Å². The second-order valence-corrected chi connectivity index (χ2v) is 4.60. The summed E-state index contributed by atoms with van der Waals surface area (Å²) in [4.78, 5) is 33.7. The first-order valence-corrected chi connectivity index (χ1v) is 6.92. The molecule has 0 aliphatic heterocycles. The molecule has 2 N–H and O–H groups in total. The van der Waals surface area contributed by atoms with E-state index in [2.05, 4.69) is 14.8 Å². The van der Waals surface area contributed by atoms with Gasteiger partial charge >= 0.3 is 17.9 Å². The normalized spacial score (nSPS) is 10.8. The van der Waals surface area contributed by atoms with Gasteiger partial charge in [-0.2, -0.15) is 0 Å². The van der Waals surface area contributed by atoms with E-state index >= 15 is 0 Å². The number of carbonyl (C=O) groups excluding carboxylic acids is 2. The van der Waals surface area contributed by atoms with Crippen molar-refractivity contribution in [2.45, 2.75) is 19.3 Å². The number of carboxylic acid groups (broad SMARTS) is 1. The van der Waals surface area contributed by atoms with Gasteiger partial charge in [-0.25, -0.2) is 9.59 Å². The summed E-state index contributed by atoms with van der Waals surface area (Å²) in [6.07, 6.45) is 2.03. The van der Waals surface area contributed by atoms with Crippen LogP contribution in [0, 0.1) is 0 Å². The third kappa shape index (κ3) is 6.21. The van der Waals surface area contributed by atoms with Gasteiger partial charge in [0.2, 0.25) is 0 Å². The fourth-order valence-corrected chi connectivity index (χ4v) is 1.87. The van der Waals surface area contributed by atoms with Crippen LogP contribution in [0.3, 0.4) is 0 Å². The van der Waals surface area contributed by atoms with Crippen molar-refractivity contribution in [3.8, 4) is 0 Å². The van der Waals surface area contributed by atoms with E-state index in [0.29, 0.717) is 18.5 Å². The molecule has 0 unspecified atom stereocenters. The lowest BCUT2D eigenvalue weighted by Gasteiger charge is -2.13. The minimum atomic E-state index is -0.865. The standard InChI is InChI=1S/C16H19NO6/c1-22-15(20)10-13(16(21)23-2)17-12-8-4-3-6-11(12)7-5-9-14(18)19/h3-4,6,8,10,17H,5,7,9H2,1-2H3,(H,18,19)/b13-10+. The molecule has 0 saturated heterocycles. The highest BCUT2D eigenvalue weighted by Gasteiger charge is 2.14. The molecule has 0 bridgehead atoms. The van der Waals surface area contributed by atoms with Gasteiger partial charge in [0.25, 0.3) is 0 Å². The van der Waals surface area contributed by atoms with Gasteiger partial charge in [-0.05, 0) is 24.5 Å². The molecule has 0 aromatic heterocycles. The Morgan fingerprint density at radius 3 is 2.48 bits per heavy atom. The van der Waals surface area contributed by atoms with Crippen molar-refractivity contribution in [2.75, 3.05) is 19.5 Å². The summed E-state index contributed by atoms with van der Waals surface area (Å²) >= 11 is 0. The van der Waals surface area contributed by atoms with Crippen LogP contribution < -0.4 is 5.32 Å². The van der Waals surface area contributed by atoms with Crippen molar-refractivity contribution in [3.63, 3.8) is 0 Å². The highest BCUT2D eigenvalue weighted by molar-refractivity contribution is 5.98. The number of rotatable bonds is 8. The first-order chi connectivity index (χ1) is 11.0. The summed E-state index contributed by atoms with van der Waals surface area (Å²) in [7, 11) is 2.40. The van der Waals surface area contributed by atoms with E-state index in [1.54, 1.807) is 12.1 Å². The molecule has 1 rings (SSSR count). The number of aliphatic carboxylic acids is 1. The van der Waals surface area contributed by atoms with Gasteiger partial charge in [-0.1, -0.05) is 18.2 Å². The molecule has 1 aromatic rings. The molecule has 0 heterocycles. The number of hydrogen-bond acceptors (Lipinski definition) is 6. The van der Waals surface area contributed by atoms with Gasteiger partial charge in [0.05, 0.1) is 20.3 Å². The van der Waals surface area contributed by atoms with Crippen LogP contribution in [0.5, 0.6) is 0 Å². The second-order valence-electron chi connectivity index (χ2n) is 4.60. The van der Waals surface area contributed by atoms with Gasteiger partial charge in [-0.3, -0.25) is 4.79 Å². The predicted octanol–water partition coefficient (Wildman–Crippen LogP) is 1.74. The third-order valence-corrected chi connectivity index (χ3v) is 2.99. The van der Waals surface area contributed by atoms with E-state index in [9.17, 15) is 14.4 Å². The molecule has 7 heteroatoms. The van der Waals surface area contributed by atoms with Gasteiger partial charge in [0.1, 0.15) is 5.70 Å². The van der Waals surface area contributed by atoms with Crippen molar-refractivity contribution in [2.24, 2.45) is 0 Å². The van der Waals surface area contributed by atoms with Crippen LogP contribution in [0.25, 0.3) is 0 Å². The molecule has 0 aliphatic rings. The quantitative estimate of drug-likeness (QED) is 0.555. The van der Waals surface area contributed by atoms with E-state index in [1.165, 1.54) is 14.2 Å². The first-order valence-electron chi connectivity index (χ1n) is 6.92. The van der Waals surface area contributed by atoms with Gasteiger partial charge in [0, 0.05) is 12.1 Å². The Hall–Kier alpha value is -2.83. The Kier molecular flexibility index (Phi) is 7.32.